The van der Waals surface area contributed by atoms with Gasteiger partial charge >= 0.3 is 5.97 Å². The van der Waals surface area contributed by atoms with Gasteiger partial charge in [0.05, 0.1) is 12.9 Å². The van der Waals surface area contributed by atoms with Crippen molar-refractivity contribution in [3.63, 3.8) is 0 Å². The van der Waals surface area contributed by atoms with Crippen molar-refractivity contribution in [2.45, 2.75) is 51.2 Å². The average Bonchev–Trinajstić information content (AvgIpc) is 3.08. The van der Waals surface area contributed by atoms with Crippen molar-refractivity contribution in [1.29, 1.82) is 0 Å². The van der Waals surface area contributed by atoms with E-state index in [1.54, 1.807) is 24.7 Å². The Morgan fingerprint density at radius 3 is 2.76 bits per heavy atom. The van der Waals surface area contributed by atoms with Crippen molar-refractivity contribution >= 4 is 29.2 Å². The van der Waals surface area contributed by atoms with Crippen LogP contribution in [0.1, 0.15) is 50.2 Å². The number of imidazole rings is 1. The Hall–Kier alpha value is -1.52. The van der Waals surface area contributed by atoms with Crippen LogP contribution in [0.2, 0.25) is 10.0 Å². The molecule has 0 amide bonds. The normalized spacial score (nSPS) is 16.6. The lowest BCUT2D eigenvalue weighted by molar-refractivity contribution is -0.151. The lowest BCUT2D eigenvalue weighted by Gasteiger charge is -2.24. The van der Waals surface area contributed by atoms with Crippen LogP contribution in [-0.2, 0) is 16.1 Å². The average molecular weight is 381 g/mol. The molecule has 2 aromatic rings. The van der Waals surface area contributed by atoms with Gasteiger partial charge in [-0.05, 0) is 30.9 Å². The van der Waals surface area contributed by atoms with E-state index in [0.29, 0.717) is 28.9 Å². The molecule has 0 spiro atoms. The zero-order chi connectivity index (χ0) is 17.6. The molecule has 4 nitrogen and oxygen atoms in total. The number of rotatable bonds is 6. The van der Waals surface area contributed by atoms with Gasteiger partial charge in [-0.3, -0.25) is 4.79 Å². The monoisotopic (exact) mass is 380 g/mol. The third-order valence-electron chi connectivity index (χ3n) is 4.70. The SMILES string of the molecule is O=C(CC1CCCCC1)OC(Cn1ccnc1)c1ccc(Cl)cc1Cl. The molecule has 1 heterocycles. The highest BCUT2D eigenvalue weighted by Crippen LogP contribution is 2.32. The van der Waals surface area contributed by atoms with Gasteiger partial charge < -0.3 is 9.30 Å². The quantitative estimate of drug-likeness (QED) is 0.626. The Balaban J connectivity index is 1.72. The van der Waals surface area contributed by atoms with Crippen molar-refractivity contribution in [3.8, 4) is 0 Å². The molecule has 134 valence electrons. The van der Waals surface area contributed by atoms with Gasteiger partial charge in [0.15, 0.2) is 0 Å². The van der Waals surface area contributed by atoms with E-state index in [0.717, 1.165) is 18.4 Å². The molecule has 1 aliphatic carbocycles. The van der Waals surface area contributed by atoms with Crippen LogP contribution in [0, 0.1) is 5.92 Å². The van der Waals surface area contributed by atoms with Crippen LogP contribution in [0.5, 0.6) is 0 Å². The third kappa shape index (κ3) is 5.23. The van der Waals surface area contributed by atoms with E-state index in [2.05, 4.69) is 4.98 Å². The standard InChI is InChI=1S/C19H22Cl2N2O2/c20-15-6-7-16(17(21)11-15)18(12-23-9-8-22-13-23)25-19(24)10-14-4-2-1-3-5-14/h6-9,11,13-14,18H,1-5,10,12H2. The topological polar surface area (TPSA) is 44.1 Å². The summed E-state index contributed by atoms with van der Waals surface area (Å²) in [6.45, 7) is 0.470. The van der Waals surface area contributed by atoms with Crippen molar-refractivity contribution in [3.05, 3.63) is 52.5 Å². The van der Waals surface area contributed by atoms with Gasteiger partial charge in [0.2, 0.25) is 0 Å². The number of nitrogens with zero attached hydrogens (tertiary/aromatic N) is 2. The molecule has 1 fully saturated rings. The number of hydrogen-bond donors (Lipinski definition) is 0. The summed E-state index contributed by atoms with van der Waals surface area (Å²) in [6.07, 6.45) is 11.2. The van der Waals surface area contributed by atoms with Crippen molar-refractivity contribution in [1.82, 2.24) is 9.55 Å². The summed E-state index contributed by atoms with van der Waals surface area (Å²) in [5, 5.41) is 1.06. The summed E-state index contributed by atoms with van der Waals surface area (Å²) in [6, 6.07) is 5.26. The molecule has 1 unspecified atom stereocenters. The number of carbonyl (C=O) groups is 1. The summed E-state index contributed by atoms with van der Waals surface area (Å²) in [7, 11) is 0. The molecule has 0 saturated heterocycles. The zero-order valence-electron chi connectivity index (χ0n) is 14.0. The van der Waals surface area contributed by atoms with Gasteiger partial charge in [-0.2, -0.15) is 0 Å². The number of benzene rings is 1. The van der Waals surface area contributed by atoms with Gasteiger partial charge in [0.25, 0.3) is 0 Å². The maximum atomic E-state index is 12.5. The first kappa shape index (κ1) is 18.3. The highest BCUT2D eigenvalue weighted by molar-refractivity contribution is 6.35. The zero-order valence-corrected chi connectivity index (χ0v) is 15.5. The minimum Gasteiger partial charge on any atom is -0.455 e. The highest BCUT2D eigenvalue weighted by atomic mass is 35.5. The van der Waals surface area contributed by atoms with Crippen LogP contribution in [0.4, 0.5) is 0 Å². The maximum absolute atomic E-state index is 12.5. The highest BCUT2D eigenvalue weighted by Gasteiger charge is 2.23. The largest absolute Gasteiger partial charge is 0.455 e. The van der Waals surface area contributed by atoms with Gasteiger partial charge in [-0.15, -0.1) is 0 Å². The number of halogens is 2. The number of aromatic nitrogens is 2. The fraction of sp³-hybridized carbons (Fsp3) is 0.474. The van der Waals surface area contributed by atoms with Crippen molar-refractivity contribution in [2.24, 2.45) is 5.92 Å². The Morgan fingerprint density at radius 2 is 2.08 bits per heavy atom. The molecule has 3 rings (SSSR count). The first-order chi connectivity index (χ1) is 12.1. The van der Waals surface area contributed by atoms with E-state index in [1.165, 1.54) is 19.3 Å². The molecular weight excluding hydrogens is 359 g/mol. The predicted octanol–water partition coefficient (Wildman–Crippen LogP) is 5.44. The predicted molar refractivity (Wildman–Crippen MR) is 98.7 cm³/mol. The third-order valence-corrected chi connectivity index (χ3v) is 5.26. The number of carbonyl (C=O) groups excluding carboxylic acids is 1. The van der Waals surface area contributed by atoms with E-state index in [4.69, 9.17) is 27.9 Å². The van der Waals surface area contributed by atoms with Crippen LogP contribution < -0.4 is 0 Å². The number of hydrogen-bond acceptors (Lipinski definition) is 3. The molecule has 6 heteroatoms. The molecule has 1 aromatic heterocycles. The number of esters is 1. The molecule has 0 aliphatic heterocycles. The lowest BCUT2D eigenvalue weighted by Crippen LogP contribution is -2.20. The smallest absolute Gasteiger partial charge is 0.306 e. The Bertz CT molecular complexity index is 697. The van der Waals surface area contributed by atoms with E-state index < -0.39 is 6.10 Å². The molecule has 1 aromatic carbocycles. The van der Waals surface area contributed by atoms with Crippen LogP contribution in [0.15, 0.2) is 36.9 Å². The van der Waals surface area contributed by atoms with Crippen LogP contribution in [-0.4, -0.2) is 15.5 Å². The van der Waals surface area contributed by atoms with Crippen LogP contribution in [0.25, 0.3) is 0 Å². The van der Waals surface area contributed by atoms with Gasteiger partial charge in [0, 0.05) is 34.4 Å². The summed E-state index contributed by atoms with van der Waals surface area (Å²) in [5.74, 6) is 0.277. The fourth-order valence-electron chi connectivity index (χ4n) is 3.38. The molecular formula is C19H22Cl2N2O2. The molecule has 25 heavy (non-hydrogen) atoms. The Kier molecular flexibility index (Phi) is 6.38. The summed E-state index contributed by atoms with van der Waals surface area (Å²) < 4.78 is 7.70. The first-order valence-electron chi connectivity index (χ1n) is 8.72. The fourth-order valence-corrected chi connectivity index (χ4v) is 3.91. The second-order valence-corrected chi connectivity index (χ2v) is 7.46. The molecule has 0 radical (unpaired) electrons. The van der Waals surface area contributed by atoms with Crippen LogP contribution in [0.3, 0.4) is 0 Å². The second kappa shape index (κ2) is 8.72. The van der Waals surface area contributed by atoms with Crippen LogP contribution >= 0.6 is 23.2 Å². The summed E-state index contributed by atoms with van der Waals surface area (Å²) >= 11 is 12.3. The molecule has 0 N–H and O–H groups in total. The first-order valence-corrected chi connectivity index (χ1v) is 9.47. The molecule has 1 atom stereocenters. The van der Waals surface area contributed by atoms with E-state index in [9.17, 15) is 4.79 Å². The molecule has 0 bridgehead atoms. The Morgan fingerprint density at radius 1 is 1.28 bits per heavy atom. The van der Waals surface area contributed by atoms with E-state index >= 15 is 0 Å². The maximum Gasteiger partial charge on any atom is 0.306 e. The second-order valence-electron chi connectivity index (χ2n) is 6.61. The van der Waals surface area contributed by atoms with Crippen molar-refractivity contribution < 1.29 is 9.53 Å². The summed E-state index contributed by atoms with van der Waals surface area (Å²) in [5.41, 5.74) is 0.761. The van der Waals surface area contributed by atoms with Crippen molar-refractivity contribution in [2.75, 3.05) is 0 Å². The lowest BCUT2D eigenvalue weighted by atomic mass is 9.87. The van der Waals surface area contributed by atoms with Gasteiger partial charge in [0.1, 0.15) is 6.10 Å². The van der Waals surface area contributed by atoms with Gasteiger partial charge in [-0.25, -0.2) is 4.98 Å². The summed E-state index contributed by atoms with van der Waals surface area (Å²) in [4.78, 5) is 16.5. The molecule has 1 aliphatic rings. The van der Waals surface area contributed by atoms with E-state index in [-0.39, 0.29) is 5.97 Å². The molecule has 1 saturated carbocycles. The van der Waals surface area contributed by atoms with E-state index in [1.807, 2.05) is 16.8 Å². The minimum atomic E-state index is -0.463. The Labute approximate surface area is 158 Å². The van der Waals surface area contributed by atoms with Gasteiger partial charge in [-0.1, -0.05) is 48.5 Å². The minimum absolute atomic E-state index is 0.164. The number of ether oxygens (including phenoxy) is 1.